The quantitative estimate of drug-likeness (QED) is 0.450. The van der Waals surface area contributed by atoms with Gasteiger partial charge in [0.05, 0.1) is 24.1 Å². The van der Waals surface area contributed by atoms with E-state index in [1.165, 1.54) is 11.1 Å². The molecule has 0 saturated carbocycles. The molecule has 0 aliphatic rings. The van der Waals surface area contributed by atoms with Gasteiger partial charge >= 0.3 is 0 Å². The van der Waals surface area contributed by atoms with Gasteiger partial charge in [0.2, 0.25) is 0 Å². The number of hydrogen-bond donors (Lipinski definition) is 0. The lowest BCUT2D eigenvalue weighted by Crippen LogP contribution is -2.28. The van der Waals surface area contributed by atoms with Crippen molar-refractivity contribution in [1.82, 2.24) is 19.4 Å². The minimum Gasteiger partial charge on any atom is -0.492 e. The van der Waals surface area contributed by atoms with E-state index < -0.39 is 0 Å². The summed E-state index contributed by atoms with van der Waals surface area (Å²) in [6, 6.07) is 19.5. The largest absolute Gasteiger partial charge is 0.492 e. The third-order valence-electron chi connectivity index (χ3n) is 5.40. The van der Waals surface area contributed by atoms with Gasteiger partial charge in [-0.05, 0) is 61.4 Å². The number of rotatable bonds is 7. The van der Waals surface area contributed by atoms with Gasteiger partial charge in [-0.2, -0.15) is 0 Å². The number of carbonyl (C=O) groups is 1. The van der Waals surface area contributed by atoms with Crippen molar-refractivity contribution in [3.8, 4) is 5.75 Å². The monoisotopic (exact) mass is 414 g/mol. The molecule has 2 aromatic carbocycles. The van der Waals surface area contributed by atoms with E-state index in [4.69, 9.17) is 9.72 Å². The van der Waals surface area contributed by atoms with Crippen LogP contribution in [0.2, 0.25) is 0 Å². The van der Waals surface area contributed by atoms with Crippen LogP contribution in [0.1, 0.15) is 27.4 Å². The first-order chi connectivity index (χ1) is 15.0. The van der Waals surface area contributed by atoms with E-state index in [1.807, 2.05) is 36.4 Å². The fourth-order valence-electron chi connectivity index (χ4n) is 3.52. The lowest BCUT2D eigenvalue weighted by atomic mass is 10.1. The predicted molar refractivity (Wildman–Crippen MR) is 121 cm³/mol. The second kappa shape index (κ2) is 9.00. The molecule has 0 unspecified atom stereocenters. The summed E-state index contributed by atoms with van der Waals surface area (Å²) in [4.78, 5) is 23.3. The zero-order chi connectivity index (χ0) is 21.8. The van der Waals surface area contributed by atoms with Crippen LogP contribution in [0, 0.1) is 13.8 Å². The molecule has 0 N–H and O–H groups in total. The van der Waals surface area contributed by atoms with Crippen LogP contribution in [0.15, 0.2) is 66.9 Å². The summed E-state index contributed by atoms with van der Waals surface area (Å²) >= 11 is 0. The maximum Gasteiger partial charge on any atom is 0.272 e. The number of fused-ring (bicyclic) bond motifs is 1. The van der Waals surface area contributed by atoms with Gasteiger partial charge in [0.1, 0.15) is 23.9 Å². The predicted octanol–water partition coefficient (Wildman–Crippen LogP) is 4.40. The first-order valence-electron chi connectivity index (χ1n) is 10.3. The molecule has 0 radical (unpaired) electrons. The van der Waals surface area contributed by atoms with Crippen LogP contribution in [-0.4, -0.2) is 39.0 Å². The third kappa shape index (κ3) is 4.58. The van der Waals surface area contributed by atoms with Crippen molar-refractivity contribution in [1.29, 1.82) is 0 Å². The molecule has 4 aromatic rings. The Kier molecular flexibility index (Phi) is 5.98. The van der Waals surface area contributed by atoms with Crippen molar-refractivity contribution >= 4 is 16.9 Å². The molecule has 0 fully saturated rings. The van der Waals surface area contributed by atoms with Crippen LogP contribution in [-0.2, 0) is 13.1 Å². The van der Waals surface area contributed by atoms with Gasteiger partial charge in [-0.3, -0.25) is 9.78 Å². The Labute approximate surface area is 182 Å². The van der Waals surface area contributed by atoms with E-state index in [0.29, 0.717) is 25.4 Å². The molecule has 6 heteroatoms. The van der Waals surface area contributed by atoms with Crippen LogP contribution in [0.4, 0.5) is 0 Å². The molecule has 158 valence electrons. The summed E-state index contributed by atoms with van der Waals surface area (Å²) in [5.41, 5.74) is 4.81. The van der Waals surface area contributed by atoms with E-state index >= 15 is 0 Å². The van der Waals surface area contributed by atoms with E-state index in [2.05, 4.69) is 35.5 Å². The number of aryl methyl sites for hydroxylation is 2. The molecule has 2 heterocycles. The normalized spacial score (nSPS) is 10.9. The number of amides is 1. The number of ether oxygens (including phenoxy) is 1. The van der Waals surface area contributed by atoms with Crippen LogP contribution in [0.5, 0.6) is 5.75 Å². The fraction of sp³-hybridized carbons (Fsp3) is 0.240. The van der Waals surface area contributed by atoms with Gasteiger partial charge in [-0.1, -0.05) is 24.3 Å². The van der Waals surface area contributed by atoms with Crippen molar-refractivity contribution in [2.45, 2.75) is 26.9 Å². The zero-order valence-electron chi connectivity index (χ0n) is 18.1. The average molecular weight is 415 g/mol. The van der Waals surface area contributed by atoms with E-state index in [1.54, 1.807) is 30.3 Å². The molecular formula is C25H26N4O2. The number of aromatic nitrogens is 3. The molecule has 1 amide bonds. The van der Waals surface area contributed by atoms with Crippen molar-refractivity contribution in [2.75, 3.05) is 13.7 Å². The molecule has 0 aliphatic heterocycles. The summed E-state index contributed by atoms with van der Waals surface area (Å²) in [6.07, 6.45) is 1.63. The second-order valence-electron chi connectivity index (χ2n) is 7.64. The molecule has 6 nitrogen and oxygen atoms in total. The highest BCUT2D eigenvalue weighted by Crippen LogP contribution is 2.19. The Bertz CT molecular complexity index is 1200. The topological polar surface area (TPSA) is 60.2 Å². The lowest BCUT2D eigenvalue weighted by Gasteiger charge is -2.18. The highest BCUT2D eigenvalue weighted by atomic mass is 16.5. The zero-order valence-corrected chi connectivity index (χ0v) is 18.1. The molecule has 0 bridgehead atoms. The van der Waals surface area contributed by atoms with Crippen LogP contribution < -0.4 is 4.74 Å². The first kappa shape index (κ1) is 20.6. The average Bonchev–Trinajstić information content (AvgIpc) is 3.13. The van der Waals surface area contributed by atoms with Gasteiger partial charge in [0.15, 0.2) is 0 Å². The molecule has 4 rings (SSSR count). The fourth-order valence-corrected chi connectivity index (χ4v) is 3.52. The van der Waals surface area contributed by atoms with Gasteiger partial charge in [0, 0.05) is 13.2 Å². The summed E-state index contributed by atoms with van der Waals surface area (Å²) in [7, 11) is 1.77. The summed E-state index contributed by atoms with van der Waals surface area (Å²) in [5, 5.41) is 0. The summed E-state index contributed by atoms with van der Waals surface area (Å²) in [5.74, 6) is 1.54. The number of pyridine rings is 1. The van der Waals surface area contributed by atoms with Crippen LogP contribution in [0.25, 0.3) is 11.0 Å². The number of imidazole rings is 1. The number of para-hydroxylation sites is 2. The Balaban J connectivity index is 1.52. The number of hydrogen-bond acceptors (Lipinski definition) is 4. The van der Waals surface area contributed by atoms with Gasteiger partial charge < -0.3 is 14.2 Å². The molecule has 2 aromatic heterocycles. The molecular weight excluding hydrogens is 388 g/mol. The van der Waals surface area contributed by atoms with Crippen molar-refractivity contribution in [3.05, 3.63) is 89.5 Å². The third-order valence-corrected chi connectivity index (χ3v) is 5.40. The highest BCUT2D eigenvalue weighted by Gasteiger charge is 2.17. The first-order valence-corrected chi connectivity index (χ1v) is 10.3. The Hall–Kier alpha value is -3.67. The smallest absolute Gasteiger partial charge is 0.272 e. The number of benzene rings is 2. The summed E-state index contributed by atoms with van der Waals surface area (Å²) < 4.78 is 8.13. The molecule has 0 atom stereocenters. The van der Waals surface area contributed by atoms with Gasteiger partial charge in [0.25, 0.3) is 5.91 Å². The maximum atomic E-state index is 12.7. The van der Waals surface area contributed by atoms with Gasteiger partial charge in [-0.15, -0.1) is 0 Å². The highest BCUT2D eigenvalue weighted by molar-refractivity contribution is 5.92. The standard InChI is InChI=1S/C25H26N4O2/c1-18-11-12-20(16-19(18)2)31-15-14-29-23-10-5-4-8-21(23)27-24(29)17-28(3)25(30)22-9-6-7-13-26-22/h4-13,16H,14-15,17H2,1-3H3. The van der Waals surface area contributed by atoms with Crippen molar-refractivity contribution < 1.29 is 9.53 Å². The number of nitrogens with zero attached hydrogens (tertiary/aromatic N) is 4. The minimum atomic E-state index is -0.134. The van der Waals surface area contributed by atoms with Crippen molar-refractivity contribution in [2.24, 2.45) is 0 Å². The molecule has 0 saturated heterocycles. The second-order valence-corrected chi connectivity index (χ2v) is 7.64. The molecule has 0 aliphatic carbocycles. The molecule has 31 heavy (non-hydrogen) atoms. The number of carbonyl (C=O) groups excluding carboxylic acids is 1. The Morgan fingerprint density at radius 3 is 2.61 bits per heavy atom. The van der Waals surface area contributed by atoms with Crippen LogP contribution in [0.3, 0.4) is 0 Å². The van der Waals surface area contributed by atoms with E-state index in [-0.39, 0.29) is 5.91 Å². The molecule has 0 spiro atoms. The Morgan fingerprint density at radius 2 is 1.84 bits per heavy atom. The van der Waals surface area contributed by atoms with Crippen LogP contribution >= 0.6 is 0 Å². The SMILES string of the molecule is Cc1ccc(OCCn2c(CN(C)C(=O)c3ccccn3)nc3ccccc32)cc1C. The van der Waals surface area contributed by atoms with E-state index in [0.717, 1.165) is 22.6 Å². The van der Waals surface area contributed by atoms with E-state index in [9.17, 15) is 4.79 Å². The minimum absolute atomic E-state index is 0.134. The van der Waals surface area contributed by atoms with Gasteiger partial charge in [-0.25, -0.2) is 4.98 Å². The lowest BCUT2D eigenvalue weighted by molar-refractivity contribution is 0.0774. The van der Waals surface area contributed by atoms with Crippen molar-refractivity contribution in [3.63, 3.8) is 0 Å². The summed E-state index contributed by atoms with van der Waals surface area (Å²) in [6.45, 7) is 5.69. The Morgan fingerprint density at radius 1 is 1.03 bits per heavy atom. The maximum absolute atomic E-state index is 12.7.